The van der Waals surface area contributed by atoms with Gasteiger partial charge in [0.05, 0.1) is 19.8 Å². The number of ether oxygens (including phenoxy) is 1. The molecule has 0 atom stereocenters. The number of fused-ring (bicyclic) bond motifs is 2. The topological polar surface area (TPSA) is 32.7 Å². The molecule has 1 aliphatic heterocycles. The lowest BCUT2D eigenvalue weighted by Gasteiger charge is -2.25. The second-order valence-corrected chi connectivity index (χ2v) is 5.33. The minimum Gasteiger partial charge on any atom is -0.394 e. The van der Waals surface area contributed by atoms with Gasteiger partial charge in [0.15, 0.2) is 0 Å². The Hall–Kier alpha value is -1.84. The molecule has 0 amide bonds. The van der Waals surface area contributed by atoms with Gasteiger partial charge in [-0.15, -0.1) is 0 Å². The van der Waals surface area contributed by atoms with Crippen molar-refractivity contribution in [3.8, 4) is 0 Å². The van der Waals surface area contributed by atoms with Gasteiger partial charge in [0.1, 0.15) is 0 Å². The first-order valence-electron chi connectivity index (χ1n) is 7.47. The van der Waals surface area contributed by atoms with E-state index in [0.717, 1.165) is 19.5 Å². The van der Waals surface area contributed by atoms with E-state index in [4.69, 9.17) is 9.84 Å². The van der Waals surface area contributed by atoms with Crippen molar-refractivity contribution in [2.24, 2.45) is 0 Å². The molecule has 0 aromatic heterocycles. The summed E-state index contributed by atoms with van der Waals surface area (Å²) >= 11 is 0. The second kappa shape index (κ2) is 6.74. The van der Waals surface area contributed by atoms with Crippen molar-refractivity contribution in [2.75, 3.05) is 31.3 Å². The first kappa shape index (κ1) is 14.1. The van der Waals surface area contributed by atoms with E-state index in [1.165, 1.54) is 22.4 Å². The average Bonchev–Trinajstić information content (AvgIpc) is 2.68. The Morgan fingerprint density at radius 3 is 2.43 bits per heavy atom. The number of rotatable bonds is 5. The van der Waals surface area contributed by atoms with Crippen LogP contribution >= 0.6 is 0 Å². The number of aliphatic hydroxyl groups excluding tert-OH is 1. The van der Waals surface area contributed by atoms with E-state index in [0.29, 0.717) is 13.2 Å². The molecule has 21 heavy (non-hydrogen) atoms. The highest BCUT2D eigenvalue weighted by Crippen LogP contribution is 2.30. The van der Waals surface area contributed by atoms with Crippen LogP contribution in [0.5, 0.6) is 0 Å². The zero-order chi connectivity index (χ0) is 14.5. The number of hydrogen-bond acceptors (Lipinski definition) is 3. The molecule has 2 aromatic rings. The van der Waals surface area contributed by atoms with Crippen molar-refractivity contribution in [3.63, 3.8) is 0 Å². The van der Waals surface area contributed by atoms with Gasteiger partial charge in [-0.1, -0.05) is 42.5 Å². The van der Waals surface area contributed by atoms with E-state index in [2.05, 4.69) is 53.4 Å². The van der Waals surface area contributed by atoms with Crippen LogP contribution in [0.15, 0.2) is 48.5 Å². The molecular formula is C18H21NO2. The van der Waals surface area contributed by atoms with Gasteiger partial charge in [0.2, 0.25) is 0 Å². The molecule has 110 valence electrons. The highest BCUT2D eigenvalue weighted by Gasteiger charge is 2.18. The van der Waals surface area contributed by atoms with Crippen LogP contribution in [0, 0.1) is 0 Å². The summed E-state index contributed by atoms with van der Waals surface area (Å²) in [6, 6.07) is 17.2. The molecule has 0 radical (unpaired) electrons. The lowest BCUT2D eigenvalue weighted by Crippen LogP contribution is -2.27. The maximum absolute atomic E-state index is 8.80. The van der Waals surface area contributed by atoms with E-state index in [-0.39, 0.29) is 6.61 Å². The van der Waals surface area contributed by atoms with Crippen molar-refractivity contribution in [3.05, 3.63) is 65.2 Å². The van der Waals surface area contributed by atoms with Gasteiger partial charge in [-0.25, -0.2) is 0 Å². The van der Waals surface area contributed by atoms with Crippen LogP contribution in [0.3, 0.4) is 0 Å². The second-order valence-electron chi connectivity index (χ2n) is 5.33. The standard InChI is InChI=1S/C18H21NO2/c20-10-12-21-11-9-19-14-17-7-2-1-5-15(17)13-16-6-3-4-8-18(16)19/h1-8,20H,9-14H2. The molecule has 0 saturated carbocycles. The lowest BCUT2D eigenvalue weighted by atomic mass is 10.0. The minimum absolute atomic E-state index is 0.0828. The maximum Gasteiger partial charge on any atom is 0.0698 e. The zero-order valence-electron chi connectivity index (χ0n) is 12.2. The Morgan fingerprint density at radius 1 is 0.905 bits per heavy atom. The van der Waals surface area contributed by atoms with E-state index in [9.17, 15) is 0 Å². The summed E-state index contributed by atoms with van der Waals surface area (Å²) in [4.78, 5) is 2.37. The molecule has 3 rings (SSSR count). The molecule has 0 spiro atoms. The van der Waals surface area contributed by atoms with Gasteiger partial charge >= 0.3 is 0 Å². The SMILES string of the molecule is OCCOCCN1Cc2ccccc2Cc2ccccc21. The summed E-state index contributed by atoms with van der Waals surface area (Å²) in [6.45, 7) is 2.88. The third kappa shape index (κ3) is 3.26. The van der Waals surface area contributed by atoms with E-state index >= 15 is 0 Å². The molecule has 0 unspecified atom stereocenters. The van der Waals surface area contributed by atoms with Gasteiger partial charge < -0.3 is 14.7 Å². The molecule has 3 nitrogen and oxygen atoms in total. The van der Waals surface area contributed by atoms with E-state index < -0.39 is 0 Å². The summed E-state index contributed by atoms with van der Waals surface area (Å²) in [7, 11) is 0. The van der Waals surface area contributed by atoms with Gasteiger partial charge in [-0.05, 0) is 29.2 Å². The van der Waals surface area contributed by atoms with Gasteiger partial charge in [0, 0.05) is 18.8 Å². The number of para-hydroxylation sites is 1. The van der Waals surface area contributed by atoms with Crippen molar-refractivity contribution in [1.82, 2.24) is 0 Å². The Morgan fingerprint density at radius 2 is 1.62 bits per heavy atom. The predicted molar refractivity (Wildman–Crippen MR) is 84.6 cm³/mol. The number of aliphatic hydroxyl groups is 1. The highest BCUT2D eigenvalue weighted by molar-refractivity contribution is 5.58. The smallest absolute Gasteiger partial charge is 0.0698 e. The third-order valence-electron chi connectivity index (χ3n) is 3.93. The van der Waals surface area contributed by atoms with E-state index in [1.807, 2.05) is 0 Å². The van der Waals surface area contributed by atoms with Crippen LogP contribution < -0.4 is 4.90 Å². The molecular weight excluding hydrogens is 262 g/mol. The summed E-state index contributed by atoms with van der Waals surface area (Å²) < 4.78 is 5.44. The normalized spacial score (nSPS) is 13.5. The molecule has 3 heteroatoms. The maximum atomic E-state index is 8.80. The van der Waals surface area contributed by atoms with Gasteiger partial charge in [-0.3, -0.25) is 0 Å². The summed E-state index contributed by atoms with van der Waals surface area (Å²) in [6.07, 6.45) is 0.986. The van der Waals surface area contributed by atoms with Gasteiger partial charge in [-0.2, -0.15) is 0 Å². The number of nitrogens with zero attached hydrogens (tertiary/aromatic N) is 1. The highest BCUT2D eigenvalue weighted by atomic mass is 16.5. The van der Waals surface area contributed by atoms with Crippen molar-refractivity contribution in [2.45, 2.75) is 13.0 Å². The fourth-order valence-electron chi connectivity index (χ4n) is 2.89. The van der Waals surface area contributed by atoms with Crippen molar-refractivity contribution in [1.29, 1.82) is 0 Å². The van der Waals surface area contributed by atoms with Crippen LogP contribution in [-0.2, 0) is 17.7 Å². The number of hydrogen-bond donors (Lipinski definition) is 1. The molecule has 1 N–H and O–H groups in total. The Bertz CT molecular complexity index is 597. The predicted octanol–water partition coefficient (Wildman–Crippen LogP) is 2.61. The Balaban J connectivity index is 1.84. The van der Waals surface area contributed by atoms with Crippen LogP contribution in [-0.4, -0.2) is 31.5 Å². The van der Waals surface area contributed by atoms with Crippen LogP contribution in [0.2, 0.25) is 0 Å². The summed E-state index contributed by atoms with van der Waals surface area (Å²) in [5.74, 6) is 0. The molecule has 0 saturated heterocycles. The Kier molecular flexibility index (Phi) is 4.53. The Labute approximate surface area is 125 Å². The van der Waals surface area contributed by atoms with E-state index in [1.54, 1.807) is 0 Å². The molecule has 1 aliphatic rings. The van der Waals surface area contributed by atoms with Crippen molar-refractivity contribution >= 4 is 5.69 Å². The van der Waals surface area contributed by atoms with Crippen LogP contribution in [0.1, 0.15) is 16.7 Å². The fourth-order valence-corrected chi connectivity index (χ4v) is 2.89. The first-order chi connectivity index (χ1) is 10.4. The monoisotopic (exact) mass is 283 g/mol. The lowest BCUT2D eigenvalue weighted by molar-refractivity contribution is 0.0965. The number of benzene rings is 2. The van der Waals surface area contributed by atoms with Crippen LogP contribution in [0.25, 0.3) is 0 Å². The quantitative estimate of drug-likeness (QED) is 0.856. The number of anilines is 1. The minimum atomic E-state index is 0.0828. The van der Waals surface area contributed by atoms with Gasteiger partial charge in [0.25, 0.3) is 0 Å². The molecule has 1 heterocycles. The third-order valence-corrected chi connectivity index (χ3v) is 3.93. The largest absolute Gasteiger partial charge is 0.394 e. The fraction of sp³-hybridized carbons (Fsp3) is 0.333. The summed E-state index contributed by atoms with van der Waals surface area (Å²) in [5.41, 5.74) is 5.45. The summed E-state index contributed by atoms with van der Waals surface area (Å²) in [5, 5.41) is 8.80. The molecule has 0 fully saturated rings. The molecule has 0 bridgehead atoms. The zero-order valence-corrected chi connectivity index (χ0v) is 12.2. The average molecular weight is 283 g/mol. The molecule has 0 aliphatic carbocycles. The first-order valence-corrected chi connectivity index (χ1v) is 7.47. The van der Waals surface area contributed by atoms with Crippen LogP contribution in [0.4, 0.5) is 5.69 Å². The van der Waals surface area contributed by atoms with Crippen molar-refractivity contribution < 1.29 is 9.84 Å². The molecule has 2 aromatic carbocycles.